The third-order valence-electron chi connectivity index (χ3n) is 4.69. The van der Waals surface area contributed by atoms with Crippen molar-refractivity contribution in [3.8, 4) is 0 Å². The summed E-state index contributed by atoms with van der Waals surface area (Å²) >= 11 is 0. The highest BCUT2D eigenvalue weighted by Gasteiger charge is 2.36. The van der Waals surface area contributed by atoms with Gasteiger partial charge >= 0.3 is 0 Å². The fraction of sp³-hybridized carbons (Fsp3) is 0.421. The number of carbonyl (C=O) groups is 1. The summed E-state index contributed by atoms with van der Waals surface area (Å²) in [6.45, 7) is 0.644. The molecule has 1 amide bonds. The number of furan rings is 1. The normalized spacial score (nSPS) is 16.4. The van der Waals surface area contributed by atoms with E-state index in [9.17, 15) is 9.90 Å². The topological polar surface area (TPSA) is 79.7 Å². The lowest BCUT2D eigenvalue weighted by Crippen LogP contribution is -2.50. The molecule has 1 heterocycles. The number of nitrogens with two attached hydrogens (primary N) is 1. The number of rotatable bonds is 7. The molecule has 1 atom stereocenters. The molecule has 1 fully saturated rings. The van der Waals surface area contributed by atoms with Crippen molar-refractivity contribution < 1.29 is 14.3 Å². The zero-order valence-electron chi connectivity index (χ0n) is 14.1. The van der Waals surface area contributed by atoms with Crippen LogP contribution in [0, 0.1) is 0 Å². The van der Waals surface area contributed by atoms with Crippen LogP contribution in [-0.4, -0.2) is 28.0 Å². The maximum Gasteiger partial charge on any atom is 0.224 e. The Morgan fingerprint density at radius 3 is 2.52 bits per heavy atom. The second-order valence-electron chi connectivity index (χ2n) is 6.68. The van der Waals surface area contributed by atoms with Crippen LogP contribution in [0.5, 0.6) is 0 Å². The summed E-state index contributed by atoms with van der Waals surface area (Å²) in [5, 5.41) is 10.4. The van der Waals surface area contributed by atoms with E-state index in [4.69, 9.17) is 10.2 Å². The molecule has 0 aliphatic heterocycles. The molecule has 0 bridgehead atoms. The van der Waals surface area contributed by atoms with Gasteiger partial charge < -0.3 is 20.2 Å². The quantitative estimate of drug-likeness (QED) is 0.791. The average Bonchev–Trinajstić information content (AvgIpc) is 3.08. The molecule has 2 aromatic rings. The van der Waals surface area contributed by atoms with E-state index in [-0.39, 0.29) is 30.4 Å². The molecule has 0 saturated heterocycles. The fourth-order valence-electron chi connectivity index (χ4n) is 3.06. The predicted molar refractivity (Wildman–Crippen MR) is 98.2 cm³/mol. The van der Waals surface area contributed by atoms with Crippen molar-refractivity contribution in [1.29, 1.82) is 0 Å². The standard InChI is InChI=1S/C19H24N2O3.ClH/c20-19(9-5-10-19)12-18(23)21(13-15-6-2-1-3-7-15)14-16(22)17-8-4-11-24-17;/h1-4,6-8,11,16,22H,5,9-10,12-14,20H2;1H. The number of carbonyl (C=O) groups excluding carboxylic acids is 1. The molecule has 3 N–H and O–H groups in total. The summed E-state index contributed by atoms with van der Waals surface area (Å²) in [4.78, 5) is 14.4. The van der Waals surface area contributed by atoms with Gasteiger partial charge in [0, 0.05) is 18.5 Å². The first kappa shape index (κ1) is 19.5. The lowest BCUT2D eigenvalue weighted by Gasteiger charge is -2.39. The number of amides is 1. The van der Waals surface area contributed by atoms with Gasteiger partial charge in [0.15, 0.2) is 0 Å². The molecule has 25 heavy (non-hydrogen) atoms. The van der Waals surface area contributed by atoms with E-state index < -0.39 is 6.10 Å². The first-order chi connectivity index (χ1) is 11.6. The van der Waals surface area contributed by atoms with Crippen LogP contribution in [0.4, 0.5) is 0 Å². The summed E-state index contributed by atoms with van der Waals surface area (Å²) < 4.78 is 5.25. The van der Waals surface area contributed by atoms with Gasteiger partial charge in [-0.25, -0.2) is 0 Å². The van der Waals surface area contributed by atoms with Crippen LogP contribution in [-0.2, 0) is 11.3 Å². The molecule has 5 nitrogen and oxygen atoms in total. The van der Waals surface area contributed by atoms with E-state index in [1.54, 1.807) is 17.0 Å². The summed E-state index contributed by atoms with van der Waals surface area (Å²) in [5.41, 5.74) is 6.88. The van der Waals surface area contributed by atoms with E-state index >= 15 is 0 Å². The van der Waals surface area contributed by atoms with Crippen molar-refractivity contribution in [3.63, 3.8) is 0 Å². The average molecular weight is 365 g/mol. The molecule has 1 unspecified atom stereocenters. The highest BCUT2D eigenvalue weighted by atomic mass is 35.5. The molecule has 1 aliphatic rings. The molecule has 136 valence electrons. The van der Waals surface area contributed by atoms with Gasteiger partial charge in [0.1, 0.15) is 11.9 Å². The Labute approximate surface area is 154 Å². The Hall–Kier alpha value is -1.82. The molecule has 0 spiro atoms. The third kappa shape index (κ3) is 5.08. The first-order valence-corrected chi connectivity index (χ1v) is 8.38. The summed E-state index contributed by atoms with van der Waals surface area (Å²) in [6.07, 6.45) is 3.85. The monoisotopic (exact) mass is 364 g/mol. The van der Waals surface area contributed by atoms with E-state index in [1.165, 1.54) is 6.26 Å². The number of aliphatic hydroxyl groups excluding tert-OH is 1. The fourth-order valence-corrected chi connectivity index (χ4v) is 3.06. The second kappa shape index (κ2) is 8.52. The number of nitrogens with zero attached hydrogens (tertiary/aromatic N) is 1. The third-order valence-corrected chi connectivity index (χ3v) is 4.69. The Morgan fingerprint density at radius 1 is 1.24 bits per heavy atom. The van der Waals surface area contributed by atoms with Crippen LogP contribution in [0.1, 0.15) is 43.1 Å². The molecular weight excluding hydrogens is 340 g/mol. The van der Waals surface area contributed by atoms with Crippen LogP contribution >= 0.6 is 12.4 Å². The van der Waals surface area contributed by atoms with E-state index in [0.29, 0.717) is 18.7 Å². The molecule has 1 aliphatic carbocycles. The minimum atomic E-state index is -0.845. The molecule has 0 radical (unpaired) electrons. The van der Waals surface area contributed by atoms with Gasteiger partial charge in [-0.3, -0.25) is 4.79 Å². The van der Waals surface area contributed by atoms with Crippen molar-refractivity contribution in [3.05, 3.63) is 60.1 Å². The predicted octanol–water partition coefficient (Wildman–Crippen LogP) is 3.04. The Bertz CT molecular complexity index is 657. The van der Waals surface area contributed by atoms with E-state index in [2.05, 4.69) is 0 Å². The van der Waals surface area contributed by atoms with E-state index in [1.807, 2.05) is 30.3 Å². The van der Waals surface area contributed by atoms with Crippen molar-refractivity contribution in [2.75, 3.05) is 6.54 Å². The van der Waals surface area contributed by atoms with Gasteiger partial charge in [0.05, 0.1) is 12.8 Å². The minimum absolute atomic E-state index is 0. The molecule has 6 heteroatoms. The Morgan fingerprint density at radius 2 is 1.96 bits per heavy atom. The van der Waals surface area contributed by atoms with Crippen molar-refractivity contribution in [1.82, 2.24) is 4.90 Å². The smallest absolute Gasteiger partial charge is 0.224 e. The first-order valence-electron chi connectivity index (χ1n) is 8.38. The van der Waals surface area contributed by atoms with Gasteiger partial charge in [-0.05, 0) is 37.0 Å². The van der Waals surface area contributed by atoms with Gasteiger partial charge in [0.2, 0.25) is 5.91 Å². The molecule has 1 aromatic carbocycles. The minimum Gasteiger partial charge on any atom is -0.467 e. The highest BCUT2D eigenvalue weighted by Crippen LogP contribution is 2.33. The SMILES string of the molecule is Cl.NC1(CC(=O)N(Cc2ccccc2)CC(O)c2ccco2)CCC1. The van der Waals surface area contributed by atoms with Gasteiger partial charge in [-0.1, -0.05) is 30.3 Å². The van der Waals surface area contributed by atoms with Crippen LogP contribution < -0.4 is 5.73 Å². The molecular formula is C19H25ClN2O3. The van der Waals surface area contributed by atoms with Crippen molar-refractivity contribution in [2.24, 2.45) is 5.73 Å². The number of aliphatic hydroxyl groups is 1. The summed E-state index contributed by atoms with van der Waals surface area (Å²) in [6, 6.07) is 13.2. The van der Waals surface area contributed by atoms with Gasteiger partial charge in [0.25, 0.3) is 0 Å². The van der Waals surface area contributed by atoms with Crippen molar-refractivity contribution >= 4 is 18.3 Å². The zero-order chi connectivity index (χ0) is 17.0. The highest BCUT2D eigenvalue weighted by molar-refractivity contribution is 5.85. The molecule has 3 rings (SSSR count). The second-order valence-corrected chi connectivity index (χ2v) is 6.68. The van der Waals surface area contributed by atoms with Crippen LogP contribution in [0.3, 0.4) is 0 Å². The maximum atomic E-state index is 12.8. The lowest BCUT2D eigenvalue weighted by molar-refractivity contribution is -0.135. The number of benzene rings is 1. The number of hydrogen-bond acceptors (Lipinski definition) is 4. The van der Waals surface area contributed by atoms with Gasteiger partial charge in [-0.2, -0.15) is 0 Å². The van der Waals surface area contributed by atoms with Crippen LogP contribution in [0.2, 0.25) is 0 Å². The molecule has 1 aromatic heterocycles. The zero-order valence-corrected chi connectivity index (χ0v) is 15.0. The Balaban J connectivity index is 0.00000225. The molecule has 1 saturated carbocycles. The Kier molecular flexibility index (Phi) is 6.64. The summed E-state index contributed by atoms with van der Waals surface area (Å²) in [5.74, 6) is 0.443. The summed E-state index contributed by atoms with van der Waals surface area (Å²) in [7, 11) is 0. The maximum absolute atomic E-state index is 12.8. The lowest BCUT2D eigenvalue weighted by atomic mass is 9.75. The number of hydrogen-bond donors (Lipinski definition) is 2. The van der Waals surface area contributed by atoms with Gasteiger partial charge in [-0.15, -0.1) is 12.4 Å². The number of halogens is 1. The van der Waals surface area contributed by atoms with Crippen LogP contribution in [0.15, 0.2) is 53.1 Å². The van der Waals surface area contributed by atoms with E-state index in [0.717, 1.165) is 24.8 Å². The largest absolute Gasteiger partial charge is 0.467 e. The van der Waals surface area contributed by atoms with Crippen molar-refractivity contribution in [2.45, 2.75) is 43.9 Å². The van der Waals surface area contributed by atoms with Crippen LogP contribution in [0.25, 0.3) is 0 Å².